The Morgan fingerprint density at radius 1 is 1.22 bits per heavy atom. The number of hydrogen-bond acceptors (Lipinski definition) is 2. The molecule has 0 amide bonds. The van der Waals surface area contributed by atoms with Crippen LogP contribution in [0.15, 0.2) is 0 Å². The van der Waals surface area contributed by atoms with Crippen LogP contribution < -0.4 is 5.32 Å². The summed E-state index contributed by atoms with van der Waals surface area (Å²) in [5.41, 5.74) is 0.525. The monoisotopic (exact) mass is 255 g/mol. The van der Waals surface area contributed by atoms with Gasteiger partial charge in [0.15, 0.2) is 0 Å². The third-order valence-corrected chi connectivity index (χ3v) is 4.98. The van der Waals surface area contributed by atoms with E-state index in [0.717, 1.165) is 31.3 Å². The molecule has 2 nitrogen and oxygen atoms in total. The predicted octanol–water partition coefficient (Wildman–Crippen LogP) is 3.73. The lowest BCUT2D eigenvalue weighted by atomic mass is 9.69. The zero-order valence-electron chi connectivity index (χ0n) is 12.8. The lowest BCUT2D eigenvalue weighted by molar-refractivity contribution is 0.136. The van der Waals surface area contributed by atoms with E-state index in [9.17, 15) is 5.11 Å². The lowest BCUT2D eigenvalue weighted by Crippen LogP contribution is -2.37. The SMILES string of the molecule is CCC(C)(C)C1CCC(NCCCC(C)O)CC1. The second kappa shape index (κ2) is 7.49. The van der Waals surface area contributed by atoms with Crippen molar-refractivity contribution in [2.75, 3.05) is 6.54 Å². The first-order valence-corrected chi connectivity index (χ1v) is 7.87. The number of nitrogens with one attached hydrogen (secondary N) is 1. The summed E-state index contributed by atoms with van der Waals surface area (Å²) in [5.74, 6) is 0.915. The Hall–Kier alpha value is -0.0800. The molecule has 1 unspecified atom stereocenters. The highest BCUT2D eigenvalue weighted by atomic mass is 16.3. The van der Waals surface area contributed by atoms with Crippen molar-refractivity contribution in [2.45, 2.75) is 84.8 Å². The van der Waals surface area contributed by atoms with Crippen molar-refractivity contribution in [3.63, 3.8) is 0 Å². The van der Waals surface area contributed by atoms with Crippen molar-refractivity contribution in [2.24, 2.45) is 11.3 Å². The molecule has 1 atom stereocenters. The van der Waals surface area contributed by atoms with E-state index < -0.39 is 0 Å². The normalized spacial score (nSPS) is 27.2. The van der Waals surface area contributed by atoms with E-state index in [1.54, 1.807) is 0 Å². The lowest BCUT2D eigenvalue weighted by Gasteiger charge is -2.39. The summed E-state index contributed by atoms with van der Waals surface area (Å²) in [5, 5.41) is 12.9. The molecule has 1 saturated carbocycles. The maximum atomic E-state index is 9.21. The van der Waals surface area contributed by atoms with Crippen molar-refractivity contribution in [1.29, 1.82) is 0 Å². The van der Waals surface area contributed by atoms with Crippen LogP contribution in [0, 0.1) is 11.3 Å². The molecular weight excluding hydrogens is 222 g/mol. The molecule has 2 heteroatoms. The molecule has 0 aliphatic heterocycles. The summed E-state index contributed by atoms with van der Waals surface area (Å²) < 4.78 is 0. The standard InChI is InChI=1S/C16H33NO/c1-5-16(3,4)14-8-10-15(11-9-14)17-12-6-7-13(2)18/h13-15,17-18H,5-12H2,1-4H3. The highest BCUT2D eigenvalue weighted by Gasteiger charge is 2.31. The van der Waals surface area contributed by atoms with E-state index in [4.69, 9.17) is 0 Å². The fraction of sp³-hybridized carbons (Fsp3) is 1.00. The Kier molecular flexibility index (Phi) is 6.65. The molecule has 0 spiro atoms. The topological polar surface area (TPSA) is 32.3 Å². The first-order chi connectivity index (χ1) is 8.45. The Balaban J connectivity index is 2.16. The quantitative estimate of drug-likeness (QED) is 0.679. The van der Waals surface area contributed by atoms with Crippen LogP contribution in [0.4, 0.5) is 0 Å². The van der Waals surface area contributed by atoms with Gasteiger partial charge in [-0.1, -0.05) is 27.2 Å². The molecule has 1 fully saturated rings. The molecule has 0 aromatic heterocycles. The van der Waals surface area contributed by atoms with Gasteiger partial charge in [-0.15, -0.1) is 0 Å². The van der Waals surface area contributed by atoms with Crippen LogP contribution in [0.3, 0.4) is 0 Å². The second-order valence-corrected chi connectivity index (χ2v) is 6.84. The molecule has 0 aromatic rings. The number of rotatable bonds is 7. The van der Waals surface area contributed by atoms with Gasteiger partial charge in [-0.3, -0.25) is 0 Å². The van der Waals surface area contributed by atoms with E-state index in [2.05, 4.69) is 26.1 Å². The fourth-order valence-corrected chi connectivity index (χ4v) is 3.07. The Bertz CT molecular complexity index is 217. The van der Waals surface area contributed by atoms with E-state index in [1.165, 1.54) is 32.1 Å². The highest BCUT2D eigenvalue weighted by Crippen LogP contribution is 2.40. The zero-order chi connectivity index (χ0) is 13.6. The van der Waals surface area contributed by atoms with Crippen LogP contribution in [-0.4, -0.2) is 23.8 Å². The average Bonchev–Trinajstić information content (AvgIpc) is 2.35. The first-order valence-electron chi connectivity index (χ1n) is 7.87. The van der Waals surface area contributed by atoms with Gasteiger partial charge < -0.3 is 10.4 Å². The number of hydrogen-bond donors (Lipinski definition) is 2. The number of aliphatic hydroxyl groups is 1. The Morgan fingerprint density at radius 3 is 2.33 bits per heavy atom. The average molecular weight is 255 g/mol. The fourth-order valence-electron chi connectivity index (χ4n) is 3.07. The van der Waals surface area contributed by atoms with Gasteiger partial charge in [0.05, 0.1) is 6.10 Å². The first kappa shape index (κ1) is 16.0. The van der Waals surface area contributed by atoms with Crippen molar-refractivity contribution >= 4 is 0 Å². The van der Waals surface area contributed by atoms with E-state index in [1.807, 2.05) is 6.92 Å². The van der Waals surface area contributed by atoms with Gasteiger partial charge in [-0.05, 0) is 63.3 Å². The summed E-state index contributed by atoms with van der Waals surface area (Å²) in [4.78, 5) is 0. The van der Waals surface area contributed by atoms with Gasteiger partial charge >= 0.3 is 0 Å². The summed E-state index contributed by atoms with van der Waals surface area (Å²) in [6, 6.07) is 0.725. The van der Waals surface area contributed by atoms with Crippen LogP contribution in [-0.2, 0) is 0 Å². The molecule has 0 aromatic carbocycles. The van der Waals surface area contributed by atoms with Gasteiger partial charge in [-0.2, -0.15) is 0 Å². The van der Waals surface area contributed by atoms with Crippen LogP contribution in [0.25, 0.3) is 0 Å². The van der Waals surface area contributed by atoms with Crippen molar-refractivity contribution in [3.8, 4) is 0 Å². The molecule has 1 aliphatic rings. The largest absolute Gasteiger partial charge is 0.393 e. The maximum absolute atomic E-state index is 9.21. The van der Waals surface area contributed by atoms with Crippen LogP contribution in [0.1, 0.15) is 72.6 Å². The molecule has 18 heavy (non-hydrogen) atoms. The second-order valence-electron chi connectivity index (χ2n) is 6.84. The van der Waals surface area contributed by atoms with E-state index in [0.29, 0.717) is 5.41 Å². The van der Waals surface area contributed by atoms with Gasteiger partial charge in [0.1, 0.15) is 0 Å². The smallest absolute Gasteiger partial charge is 0.0512 e. The predicted molar refractivity (Wildman–Crippen MR) is 78.7 cm³/mol. The Labute approximate surface area is 114 Å². The van der Waals surface area contributed by atoms with Crippen LogP contribution in [0.5, 0.6) is 0 Å². The van der Waals surface area contributed by atoms with Gasteiger partial charge in [0.25, 0.3) is 0 Å². The molecule has 0 radical (unpaired) electrons. The zero-order valence-corrected chi connectivity index (χ0v) is 12.8. The van der Waals surface area contributed by atoms with Gasteiger partial charge in [-0.25, -0.2) is 0 Å². The van der Waals surface area contributed by atoms with Crippen LogP contribution >= 0.6 is 0 Å². The van der Waals surface area contributed by atoms with Crippen molar-refractivity contribution in [1.82, 2.24) is 5.32 Å². The van der Waals surface area contributed by atoms with E-state index in [-0.39, 0.29) is 6.10 Å². The summed E-state index contributed by atoms with van der Waals surface area (Å²) in [6.45, 7) is 10.1. The molecule has 0 bridgehead atoms. The minimum atomic E-state index is -0.145. The third-order valence-electron chi connectivity index (χ3n) is 4.98. The number of aliphatic hydroxyl groups excluding tert-OH is 1. The summed E-state index contributed by atoms with van der Waals surface area (Å²) >= 11 is 0. The minimum absolute atomic E-state index is 0.145. The summed E-state index contributed by atoms with van der Waals surface area (Å²) in [7, 11) is 0. The van der Waals surface area contributed by atoms with Crippen molar-refractivity contribution in [3.05, 3.63) is 0 Å². The van der Waals surface area contributed by atoms with Crippen molar-refractivity contribution < 1.29 is 5.11 Å². The maximum Gasteiger partial charge on any atom is 0.0512 e. The highest BCUT2D eigenvalue weighted by molar-refractivity contribution is 4.84. The molecule has 1 aliphatic carbocycles. The summed E-state index contributed by atoms with van der Waals surface area (Å²) in [6.07, 6.45) is 8.61. The van der Waals surface area contributed by atoms with E-state index >= 15 is 0 Å². The third kappa shape index (κ3) is 5.27. The minimum Gasteiger partial charge on any atom is -0.393 e. The molecule has 1 rings (SSSR count). The molecular formula is C16H33NO. The molecule has 0 heterocycles. The Morgan fingerprint density at radius 2 is 1.83 bits per heavy atom. The molecule has 108 valence electrons. The van der Waals surface area contributed by atoms with Gasteiger partial charge in [0, 0.05) is 6.04 Å². The van der Waals surface area contributed by atoms with Crippen LogP contribution in [0.2, 0.25) is 0 Å². The molecule has 2 N–H and O–H groups in total. The molecule has 0 saturated heterocycles. The van der Waals surface area contributed by atoms with Gasteiger partial charge in [0.2, 0.25) is 0 Å².